The fraction of sp³-hybridized carbons (Fsp3) is 0.429. The molecule has 0 spiro atoms. The molecule has 0 amide bonds. The third kappa shape index (κ3) is 4.41. The van der Waals surface area contributed by atoms with Crippen LogP contribution in [-0.2, 0) is 10.2 Å². The molecule has 1 aromatic heterocycles. The third-order valence-corrected chi connectivity index (χ3v) is 2.68. The molecule has 0 fully saturated rings. The van der Waals surface area contributed by atoms with Gasteiger partial charge in [-0.3, -0.25) is 4.72 Å². The van der Waals surface area contributed by atoms with E-state index >= 15 is 0 Å². The molecule has 1 aromatic rings. The van der Waals surface area contributed by atoms with Crippen molar-refractivity contribution in [1.29, 1.82) is 0 Å². The normalized spacial score (nSPS) is 11.3. The van der Waals surface area contributed by atoms with E-state index < -0.39 is 10.2 Å². The average molecular weight is 251 g/mol. The zero-order valence-electron chi connectivity index (χ0n) is 8.07. The summed E-state index contributed by atoms with van der Waals surface area (Å²) in [6.45, 7) is 2.24. The molecule has 0 saturated carbocycles. The standard InChI is InChI=1S/C7H11ClN4O2S/c1-2-5-9-15(13,14)12-7-4-3-6(8)10-11-7/h3-4,9H,2,5H2,1H3,(H,11,12). The molecule has 1 heterocycles. The number of anilines is 1. The van der Waals surface area contributed by atoms with Gasteiger partial charge in [-0.25, -0.2) is 0 Å². The van der Waals surface area contributed by atoms with Crippen molar-refractivity contribution < 1.29 is 8.42 Å². The summed E-state index contributed by atoms with van der Waals surface area (Å²) in [5.41, 5.74) is 0. The molecule has 15 heavy (non-hydrogen) atoms. The van der Waals surface area contributed by atoms with Crippen molar-refractivity contribution >= 4 is 27.6 Å². The van der Waals surface area contributed by atoms with E-state index in [1.54, 1.807) is 0 Å². The third-order valence-electron chi connectivity index (χ3n) is 1.41. The van der Waals surface area contributed by atoms with Crippen LogP contribution in [-0.4, -0.2) is 25.2 Å². The van der Waals surface area contributed by atoms with Crippen molar-refractivity contribution in [3.05, 3.63) is 17.3 Å². The van der Waals surface area contributed by atoms with E-state index in [0.29, 0.717) is 13.0 Å². The maximum absolute atomic E-state index is 11.3. The highest BCUT2D eigenvalue weighted by molar-refractivity contribution is 7.90. The van der Waals surface area contributed by atoms with Crippen molar-refractivity contribution in [3.63, 3.8) is 0 Å². The second-order valence-electron chi connectivity index (χ2n) is 2.74. The second kappa shape index (κ2) is 5.24. The number of hydrogen-bond acceptors (Lipinski definition) is 4. The molecular formula is C7H11ClN4O2S. The Morgan fingerprint density at radius 3 is 2.67 bits per heavy atom. The summed E-state index contributed by atoms with van der Waals surface area (Å²) >= 11 is 5.50. The number of aromatic nitrogens is 2. The van der Waals surface area contributed by atoms with E-state index in [1.807, 2.05) is 6.92 Å². The highest BCUT2D eigenvalue weighted by Gasteiger charge is 2.09. The first-order valence-corrected chi connectivity index (χ1v) is 6.16. The van der Waals surface area contributed by atoms with Crippen LogP contribution in [0, 0.1) is 0 Å². The molecule has 0 bridgehead atoms. The van der Waals surface area contributed by atoms with E-state index in [2.05, 4.69) is 19.6 Å². The predicted octanol–water partition coefficient (Wildman–Crippen LogP) is 0.786. The Morgan fingerprint density at radius 2 is 2.13 bits per heavy atom. The molecule has 0 unspecified atom stereocenters. The predicted molar refractivity (Wildman–Crippen MR) is 57.9 cm³/mol. The van der Waals surface area contributed by atoms with Gasteiger partial charge in [-0.05, 0) is 18.6 Å². The van der Waals surface area contributed by atoms with Gasteiger partial charge in [0.25, 0.3) is 10.2 Å². The van der Waals surface area contributed by atoms with Crippen LogP contribution < -0.4 is 9.44 Å². The van der Waals surface area contributed by atoms with Gasteiger partial charge >= 0.3 is 0 Å². The number of nitrogens with one attached hydrogen (secondary N) is 2. The summed E-state index contributed by atoms with van der Waals surface area (Å²) in [5, 5.41) is 7.27. The molecule has 0 aromatic carbocycles. The molecule has 84 valence electrons. The first-order valence-electron chi connectivity index (χ1n) is 4.30. The first-order chi connectivity index (χ1) is 7.03. The first kappa shape index (κ1) is 12.2. The van der Waals surface area contributed by atoms with Crippen LogP contribution in [0.15, 0.2) is 12.1 Å². The molecule has 0 aliphatic heterocycles. The van der Waals surface area contributed by atoms with Crippen molar-refractivity contribution in [1.82, 2.24) is 14.9 Å². The zero-order chi connectivity index (χ0) is 11.3. The molecule has 0 radical (unpaired) electrons. The number of nitrogens with zero attached hydrogens (tertiary/aromatic N) is 2. The SMILES string of the molecule is CCCNS(=O)(=O)Nc1ccc(Cl)nn1. The average Bonchev–Trinajstić information content (AvgIpc) is 2.18. The minimum atomic E-state index is -3.56. The van der Waals surface area contributed by atoms with Crippen LogP contribution in [0.25, 0.3) is 0 Å². The maximum atomic E-state index is 11.3. The summed E-state index contributed by atoms with van der Waals surface area (Å²) in [5.74, 6) is 0.128. The Kier molecular flexibility index (Phi) is 4.25. The molecule has 8 heteroatoms. The lowest BCUT2D eigenvalue weighted by Crippen LogP contribution is -2.31. The summed E-state index contributed by atoms with van der Waals surface area (Å²) < 4.78 is 27.2. The van der Waals surface area contributed by atoms with E-state index in [9.17, 15) is 8.42 Å². The maximum Gasteiger partial charge on any atom is 0.300 e. The van der Waals surface area contributed by atoms with Gasteiger partial charge in [0.1, 0.15) is 0 Å². The molecule has 0 aliphatic carbocycles. The highest BCUT2D eigenvalue weighted by atomic mass is 35.5. The van der Waals surface area contributed by atoms with Crippen LogP contribution >= 0.6 is 11.6 Å². The van der Waals surface area contributed by atoms with E-state index in [-0.39, 0.29) is 11.0 Å². The minimum absolute atomic E-state index is 0.128. The van der Waals surface area contributed by atoms with Crippen LogP contribution in [0.1, 0.15) is 13.3 Å². The van der Waals surface area contributed by atoms with E-state index in [4.69, 9.17) is 11.6 Å². The Balaban J connectivity index is 2.65. The van der Waals surface area contributed by atoms with Crippen LogP contribution in [0.2, 0.25) is 5.15 Å². The quantitative estimate of drug-likeness (QED) is 0.809. The number of hydrogen-bond donors (Lipinski definition) is 2. The Labute approximate surface area is 93.2 Å². The lowest BCUT2D eigenvalue weighted by atomic mass is 10.5. The van der Waals surface area contributed by atoms with Crippen molar-refractivity contribution in [2.75, 3.05) is 11.3 Å². The Hall–Kier alpha value is -0.920. The fourth-order valence-corrected chi connectivity index (χ4v) is 1.81. The molecule has 0 saturated heterocycles. The minimum Gasteiger partial charge on any atom is -0.253 e. The summed E-state index contributed by atoms with van der Waals surface area (Å²) in [4.78, 5) is 0. The van der Waals surface area contributed by atoms with Gasteiger partial charge in [-0.1, -0.05) is 18.5 Å². The van der Waals surface area contributed by atoms with Gasteiger partial charge in [0.2, 0.25) is 0 Å². The lowest BCUT2D eigenvalue weighted by molar-refractivity contribution is 0.586. The van der Waals surface area contributed by atoms with Crippen molar-refractivity contribution in [3.8, 4) is 0 Å². The van der Waals surface area contributed by atoms with E-state index in [0.717, 1.165) is 0 Å². The van der Waals surface area contributed by atoms with Gasteiger partial charge in [0, 0.05) is 6.54 Å². The molecule has 0 atom stereocenters. The van der Waals surface area contributed by atoms with Gasteiger partial charge in [0.05, 0.1) is 0 Å². The summed E-state index contributed by atoms with van der Waals surface area (Å²) in [6, 6.07) is 2.88. The number of rotatable bonds is 5. The largest absolute Gasteiger partial charge is 0.300 e. The molecule has 2 N–H and O–H groups in total. The second-order valence-corrected chi connectivity index (χ2v) is 4.63. The van der Waals surface area contributed by atoms with Crippen molar-refractivity contribution in [2.45, 2.75) is 13.3 Å². The van der Waals surface area contributed by atoms with Crippen LogP contribution in [0.4, 0.5) is 5.82 Å². The van der Waals surface area contributed by atoms with Gasteiger partial charge in [0.15, 0.2) is 11.0 Å². The van der Waals surface area contributed by atoms with Gasteiger partial charge < -0.3 is 0 Å². The topological polar surface area (TPSA) is 84.0 Å². The summed E-state index contributed by atoms with van der Waals surface area (Å²) in [7, 11) is -3.56. The Bertz CT molecular complexity index is 406. The van der Waals surface area contributed by atoms with Gasteiger partial charge in [-0.15, -0.1) is 10.2 Å². The Morgan fingerprint density at radius 1 is 1.40 bits per heavy atom. The smallest absolute Gasteiger partial charge is 0.253 e. The molecule has 0 aliphatic rings. The van der Waals surface area contributed by atoms with Crippen molar-refractivity contribution in [2.24, 2.45) is 0 Å². The zero-order valence-corrected chi connectivity index (χ0v) is 9.64. The highest BCUT2D eigenvalue weighted by Crippen LogP contribution is 2.06. The monoisotopic (exact) mass is 250 g/mol. The number of halogens is 1. The van der Waals surface area contributed by atoms with E-state index in [1.165, 1.54) is 12.1 Å². The summed E-state index contributed by atoms with van der Waals surface area (Å²) in [6.07, 6.45) is 0.715. The lowest BCUT2D eigenvalue weighted by Gasteiger charge is -2.06. The molecule has 6 nitrogen and oxygen atoms in total. The van der Waals surface area contributed by atoms with Crippen LogP contribution in [0.3, 0.4) is 0 Å². The molecule has 1 rings (SSSR count). The molecular weight excluding hydrogens is 240 g/mol. The van der Waals surface area contributed by atoms with Gasteiger partial charge in [-0.2, -0.15) is 13.1 Å². The van der Waals surface area contributed by atoms with Crippen LogP contribution in [0.5, 0.6) is 0 Å². The fourth-order valence-electron chi connectivity index (χ4n) is 0.781.